The summed E-state index contributed by atoms with van der Waals surface area (Å²) in [5.74, 6) is -9.34. The first kappa shape index (κ1) is 23.1. The maximum absolute atomic E-state index is 14.9. The minimum Gasteiger partial charge on any atom is -0.456 e. The summed E-state index contributed by atoms with van der Waals surface area (Å²) in [7, 11) is 0. The molecule has 0 N–H and O–H groups in total. The second-order valence-electron chi connectivity index (χ2n) is 7.91. The molecular formula is C24H17F7O2. The lowest BCUT2D eigenvalue weighted by Gasteiger charge is -2.16. The molecule has 0 fully saturated rings. The Morgan fingerprint density at radius 1 is 0.909 bits per heavy atom. The van der Waals surface area contributed by atoms with E-state index in [1.165, 1.54) is 12.2 Å². The molecule has 1 aliphatic heterocycles. The second-order valence-corrected chi connectivity index (χ2v) is 7.91. The van der Waals surface area contributed by atoms with Gasteiger partial charge in [0.05, 0.1) is 18.3 Å². The molecule has 9 heteroatoms. The quantitative estimate of drug-likeness (QED) is 0.353. The van der Waals surface area contributed by atoms with Crippen LogP contribution in [0.1, 0.15) is 30.8 Å². The summed E-state index contributed by atoms with van der Waals surface area (Å²) in [6.07, 6.45) is 1.48. The van der Waals surface area contributed by atoms with Crippen molar-refractivity contribution in [2.45, 2.75) is 25.8 Å². The molecule has 0 aromatic heterocycles. The van der Waals surface area contributed by atoms with Gasteiger partial charge in [-0.1, -0.05) is 6.92 Å². The monoisotopic (exact) mass is 470 g/mol. The summed E-state index contributed by atoms with van der Waals surface area (Å²) in [5.41, 5.74) is -0.846. The van der Waals surface area contributed by atoms with Crippen LogP contribution >= 0.6 is 0 Å². The summed E-state index contributed by atoms with van der Waals surface area (Å²) in [4.78, 5) is 0. The number of fused-ring (bicyclic) bond motifs is 1. The molecule has 3 atom stereocenters. The van der Waals surface area contributed by atoms with Crippen LogP contribution in [0.3, 0.4) is 0 Å². The third-order valence-corrected chi connectivity index (χ3v) is 5.25. The van der Waals surface area contributed by atoms with Gasteiger partial charge in [-0.3, -0.25) is 0 Å². The minimum absolute atomic E-state index is 0.135. The molecule has 2 aromatic rings. The summed E-state index contributed by atoms with van der Waals surface area (Å²) in [6.45, 7) is 2.36. The van der Waals surface area contributed by atoms with Crippen molar-refractivity contribution in [3.05, 3.63) is 94.1 Å². The van der Waals surface area contributed by atoms with Crippen molar-refractivity contribution < 1.29 is 40.2 Å². The zero-order chi connectivity index (χ0) is 23.9. The summed E-state index contributed by atoms with van der Waals surface area (Å²) in [5, 5.41) is 0. The van der Waals surface area contributed by atoms with E-state index in [2.05, 4.69) is 4.74 Å². The Morgan fingerprint density at radius 3 is 2.18 bits per heavy atom. The Bertz CT molecular complexity index is 1140. The predicted octanol–water partition coefficient (Wildman–Crippen LogP) is 7.03. The van der Waals surface area contributed by atoms with Crippen molar-refractivity contribution in [3.63, 3.8) is 0 Å². The van der Waals surface area contributed by atoms with E-state index in [0.29, 0.717) is 30.7 Å². The highest BCUT2D eigenvalue weighted by Gasteiger charge is 2.27. The number of halogens is 7. The van der Waals surface area contributed by atoms with E-state index in [-0.39, 0.29) is 17.1 Å². The van der Waals surface area contributed by atoms with Gasteiger partial charge in [0.1, 0.15) is 23.2 Å². The highest BCUT2D eigenvalue weighted by molar-refractivity contribution is 5.79. The molecule has 0 amide bonds. The predicted molar refractivity (Wildman–Crippen MR) is 106 cm³/mol. The number of ether oxygens (including phenoxy) is 2. The van der Waals surface area contributed by atoms with Crippen LogP contribution in [-0.2, 0) is 4.74 Å². The van der Waals surface area contributed by atoms with Gasteiger partial charge in [0, 0.05) is 17.7 Å². The van der Waals surface area contributed by atoms with Gasteiger partial charge in [-0.05, 0) is 53.8 Å². The van der Waals surface area contributed by atoms with E-state index in [9.17, 15) is 30.7 Å². The van der Waals surface area contributed by atoms with Crippen molar-refractivity contribution in [2.75, 3.05) is 6.61 Å². The molecule has 2 bridgehead atoms. The Kier molecular flexibility index (Phi) is 6.34. The third-order valence-electron chi connectivity index (χ3n) is 5.25. The van der Waals surface area contributed by atoms with Gasteiger partial charge in [-0.15, -0.1) is 0 Å². The number of benzene rings is 2. The van der Waals surface area contributed by atoms with Crippen molar-refractivity contribution in [2.24, 2.45) is 5.92 Å². The fourth-order valence-corrected chi connectivity index (χ4v) is 3.72. The molecule has 0 saturated carbocycles. The van der Waals surface area contributed by atoms with Crippen molar-refractivity contribution in [1.29, 1.82) is 0 Å². The molecule has 174 valence electrons. The first-order chi connectivity index (χ1) is 15.6. The second kappa shape index (κ2) is 9.05. The molecule has 3 unspecified atom stereocenters. The summed E-state index contributed by atoms with van der Waals surface area (Å²) in [6, 6.07) is 2.11. The summed E-state index contributed by atoms with van der Waals surface area (Å²) >= 11 is 0. The van der Waals surface area contributed by atoms with Crippen molar-refractivity contribution in [1.82, 2.24) is 0 Å². The lowest BCUT2D eigenvalue weighted by atomic mass is 9.99. The van der Waals surface area contributed by atoms with Crippen LogP contribution in [0, 0.1) is 35.0 Å². The topological polar surface area (TPSA) is 18.5 Å². The zero-order valence-corrected chi connectivity index (χ0v) is 17.1. The Labute approximate surface area is 184 Å². The summed E-state index contributed by atoms with van der Waals surface area (Å²) < 4.78 is 109. The van der Waals surface area contributed by atoms with Gasteiger partial charge in [-0.2, -0.15) is 4.39 Å². The van der Waals surface area contributed by atoms with Crippen LogP contribution in [0.5, 0.6) is 5.75 Å². The third kappa shape index (κ3) is 4.83. The Hall–Kier alpha value is -3.07. The SMILES string of the molecule is CC1COC2C=C(C=C(F)C(c3cc(F)c(C(F)Oc4cc(F)c(F)c(F)c4)c(F)c3)=C2)C1. The Balaban J connectivity index is 1.64. The van der Waals surface area contributed by atoms with Gasteiger partial charge in [-0.25, -0.2) is 26.3 Å². The van der Waals surface area contributed by atoms with Crippen LogP contribution in [0.4, 0.5) is 30.7 Å². The average Bonchev–Trinajstić information content (AvgIpc) is 2.99. The zero-order valence-electron chi connectivity index (χ0n) is 17.1. The number of allylic oxidation sites excluding steroid dienone is 4. The Morgan fingerprint density at radius 2 is 1.55 bits per heavy atom. The smallest absolute Gasteiger partial charge is 0.269 e. The maximum Gasteiger partial charge on any atom is 0.269 e. The molecule has 0 radical (unpaired) electrons. The number of alkyl halides is 1. The van der Waals surface area contributed by atoms with Crippen LogP contribution in [0.25, 0.3) is 5.57 Å². The fourth-order valence-electron chi connectivity index (χ4n) is 3.72. The molecule has 2 aliphatic rings. The molecule has 2 aromatic carbocycles. The van der Waals surface area contributed by atoms with Gasteiger partial charge in [0.2, 0.25) is 0 Å². The lowest BCUT2D eigenvalue weighted by Crippen LogP contribution is -2.11. The van der Waals surface area contributed by atoms with E-state index < -0.39 is 58.7 Å². The number of hydrogen-bond acceptors (Lipinski definition) is 2. The van der Waals surface area contributed by atoms with Gasteiger partial charge >= 0.3 is 0 Å². The molecule has 0 spiro atoms. The minimum atomic E-state index is -2.82. The van der Waals surface area contributed by atoms with Crippen LogP contribution in [0.15, 0.2) is 53.9 Å². The molecular weight excluding hydrogens is 453 g/mol. The van der Waals surface area contributed by atoms with Gasteiger partial charge in [0.25, 0.3) is 6.36 Å². The first-order valence-electron chi connectivity index (χ1n) is 9.98. The molecule has 2 nitrogen and oxygen atoms in total. The van der Waals surface area contributed by atoms with Crippen LogP contribution < -0.4 is 4.74 Å². The average molecular weight is 470 g/mol. The van der Waals surface area contributed by atoms with Crippen LogP contribution in [0.2, 0.25) is 0 Å². The maximum atomic E-state index is 14.9. The molecule has 0 saturated heterocycles. The molecule has 1 aliphatic carbocycles. The van der Waals surface area contributed by atoms with E-state index in [4.69, 9.17) is 4.74 Å². The van der Waals surface area contributed by atoms with Crippen molar-refractivity contribution >= 4 is 5.57 Å². The van der Waals surface area contributed by atoms with Gasteiger partial charge in [0.15, 0.2) is 17.5 Å². The van der Waals surface area contributed by atoms with Crippen molar-refractivity contribution in [3.8, 4) is 5.75 Å². The number of rotatable bonds is 4. The van der Waals surface area contributed by atoms with Gasteiger partial charge < -0.3 is 9.47 Å². The molecule has 4 rings (SSSR count). The highest BCUT2D eigenvalue weighted by Crippen LogP contribution is 2.36. The lowest BCUT2D eigenvalue weighted by molar-refractivity contribution is 0.0591. The van der Waals surface area contributed by atoms with E-state index in [0.717, 1.165) is 12.1 Å². The largest absolute Gasteiger partial charge is 0.456 e. The highest BCUT2D eigenvalue weighted by atomic mass is 19.2. The van der Waals surface area contributed by atoms with E-state index in [1.54, 1.807) is 6.08 Å². The standard InChI is InChI=1S/C24H17F7O2/c1-11-2-12-3-14(32-10-11)7-16(17(25)4-12)13-5-18(26)22(19(27)6-13)24(31)33-15-8-20(28)23(30)21(29)9-15/h3-9,11,14,24H,2,10H2,1H3. The normalized spacial score (nSPS) is 21.4. The first-order valence-corrected chi connectivity index (χ1v) is 9.98. The molecule has 33 heavy (non-hydrogen) atoms. The fraction of sp³-hybridized carbons (Fsp3) is 0.250. The van der Waals surface area contributed by atoms with Crippen LogP contribution in [-0.4, -0.2) is 12.7 Å². The van der Waals surface area contributed by atoms with E-state index in [1.807, 2.05) is 6.92 Å². The molecule has 1 heterocycles. The number of hydrogen-bond donors (Lipinski definition) is 0. The van der Waals surface area contributed by atoms with E-state index >= 15 is 0 Å².